The Morgan fingerprint density at radius 3 is 1.30 bits per heavy atom. The maximum Gasteiger partial charge on any atom is 0.0146 e. The van der Waals surface area contributed by atoms with Gasteiger partial charge in [-0.15, -0.1) is 0 Å². The van der Waals surface area contributed by atoms with E-state index in [1.807, 2.05) is 12.2 Å². The van der Waals surface area contributed by atoms with Gasteiger partial charge in [0.2, 0.25) is 0 Å². The Kier molecular flexibility index (Phi) is 5.54. The monoisotopic (exact) mass is 300 g/mol. The van der Waals surface area contributed by atoms with Gasteiger partial charge in [-0.25, -0.2) is 0 Å². The molecule has 0 nitrogen and oxygen atoms in total. The second-order valence-electron chi connectivity index (χ2n) is 6.06. The number of hydrogen-bond acceptors (Lipinski definition) is 0. The van der Waals surface area contributed by atoms with Crippen LogP contribution in [0.15, 0.2) is 86.0 Å². The minimum atomic E-state index is -0.0264. The summed E-state index contributed by atoms with van der Waals surface area (Å²) >= 11 is 0. The van der Waals surface area contributed by atoms with E-state index in [-0.39, 0.29) is 5.41 Å². The molecule has 0 heterocycles. The van der Waals surface area contributed by atoms with E-state index in [1.54, 1.807) is 12.2 Å². The molecule has 0 saturated carbocycles. The number of hydrogen-bond donors (Lipinski definition) is 0. The average Bonchev–Trinajstić information content (AvgIpc) is 2.59. The molecule has 2 aromatic rings. The highest BCUT2D eigenvalue weighted by Gasteiger charge is 2.22. The van der Waals surface area contributed by atoms with Crippen LogP contribution in [0.2, 0.25) is 0 Å². The van der Waals surface area contributed by atoms with Gasteiger partial charge < -0.3 is 0 Å². The van der Waals surface area contributed by atoms with E-state index in [1.165, 1.54) is 22.3 Å². The van der Waals surface area contributed by atoms with Gasteiger partial charge in [0.1, 0.15) is 0 Å². The van der Waals surface area contributed by atoms with Crippen LogP contribution in [0.25, 0.3) is 12.2 Å². The van der Waals surface area contributed by atoms with Crippen molar-refractivity contribution in [2.24, 2.45) is 0 Å². The van der Waals surface area contributed by atoms with Gasteiger partial charge in [-0.3, -0.25) is 0 Å². The predicted octanol–water partition coefficient (Wildman–Crippen LogP) is 6.41. The zero-order valence-electron chi connectivity index (χ0n) is 14.0. The lowest BCUT2D eigenvalue weighted by Gasteiger charge is -2.26. The quantitative estimate of drug-likeness (QED) is 0.541. The molecular formula is C23H24. The molecule has 0 N–H and O–H groups in total. The lowest BCUT2D eigenvalue weighted by atomic mass is 9.78. The summed E-state index contributed by atoms with van der Waals surface area (Å²) in [6.07, 6.45) is 11.6. The van der Waals surface area contributed by atoms with E-state index in [4.69, 9.17) is 0 Å². The zero-order valence-corrected chi connectivity index (χ0v) is 14.0. The summed E-state index contributed by atoms with van der Waals surface area (Å²) in [7, 11) is 0. The van der Waals surface area contributed by atoms with Crippen LogP contribution in [-0.4, -0.2) is 0 Å². The Hall–Kier alpha value is -2.60. The topological polar surface area (TPSA) is 0 Å². The van der Waals surface area contributed by atoms with Gasteiger partial charge >= 0.3 is 0 Å². The average molecular weight is 300 g/mol. The minimum absolute atomic E-state index is 0.0264. The van der Waals surface area contributed by atoms with E-state index in [9.17, 15) is 0 Å². The van der Waals surface area contributed by atoms with Crippen LogP contribution < -0.4 is 0 Å². The molecule has 0 heteroatoms. The highest BCUT2D eigenvalue weighted by atomic mass is 14.3. The van der Waals surface area contributed by atoms with E-state index >= 15 is 0 Å². The first-order chi connectivity index (χ1) is 11.1. The van der Waals surface area contributed by atoms with Crippen molar-refractivity contribution in [3.05, 3.63) is 108 Å². The molecule has 116 valence electrons. The first-order valence-electron chi connectivity index (χ1n) is 7.87. The summed E-state index contributed by atoms with van der Waals surface area (Å²) in [5, 5.41) is 0. The summed E-state index contributed by atoms with van der Waals surface area (Å²) in [4.78, 5) is 0. The maximum absolute atomic E-state index is 3.70. The van der Waals surface area contributed by atoms with Crippen molar-refractivity contribution in [1.82, 2.24) is 0 Å². The molecule has 0 bridgehead atoms. The maximum atomic E-state index is 3.70. The van der Waals surface area contributed by atoms with Crippen LogP contribution in [-0.2, 0) is 5.41 Å². The van der Waals surface area contributed by atoms with Gasteiger partial charge in [0.25, 0.3) is 0 Å². The van der Waals surface area contributed by atoms with Crippen LogP contribution in [0, 0.1) is 0 Å². The highest BCUT2D eigenvalue weighted by molar-refractivity contribution is 5.54. The Balaban J connectivity index is 2.26. The van der Waals surface area contributed by atoms with Crippen molar-refractivity contribution < 1.29 is 0 Å². The summed E-state index contributed by atoms with van der Waals surface area (Å²) in [5.41, 5.74) is 4.97. The lowest BCUT2D eigenvalue weighted by Crippen LogP contribution is -2.18. The number of allylic oxidation sites excluding steroid dienone is 4. The molecule has 0 radical (unpaired) electrons. The Labute approximate surface area is 140 Å². The van der Waals surface area contributed by atoms with Crippen molar-refractivity contribution in [2.75, 3.05) is 0 Å². The summed E-state index contributed by atoms with van der Waals surface area (Å²) in [6, 6.07) is 17.4. The van der Waals surface area contributed by atoms with Crippen molar-refractivity contribution in [2.45, 2.75) is 19.3 Å². The first-order valence-corrected chi connectivity index (χ1v) is 7.87. The molecule has 23 heavy (non-hydrogen) atoms. The van der Waals surface area contributed by atoms with Crippen LogP contribution in [0.5, 0.6) is 0 Å². The molecule has 0 saturated heterocycles. The molecule has 0 atom stereocenters. The molecular weight excluding hydrogens is 276 g/mol. The first kappa shape index (κ1) is 16.8. The molecule has 0 aromatic heterocycles. The molecule has 0 amide bonds. The van der Waals surface area contributed by atoms with Gasteiger partial charge in [0.05, 0.1) is 0 Å². The Morgan fingerprint density at radius 1 is 0.652 bits per heavy atom. The molecule has 2 aromatic carbocycles. The van der Waals surface area contributed by atoms with Crippen LogP contribution in [0.3, 0.4) is 0 Å². The predicted molar refractivity (Wildman–Crippen MR) is 103 cm³/mol. The molecule has 0 aliphatic heterocycles. The van der Waals surface area contributed by atoms with E-state index in [0.717, 1.165) is 0 Å². The second-order valence-corrected chi connectivity index (χ2v) is 6.06. The zero-order chi connectivity index (χ0) is 16.7. The van der Waals surface area contributed by atoms with Crippen LogP contribution in [0.4, 0.5) is 0 Å². The normalized spacial score (nSPS) is 11.9. The van der Waals surface area contributed by atoms with Crippen LogP contribution >= 0.6 is 0 Å². The third kappa shape index (κ3) is 4.20. The fraction of sp³-hybridized carbons (Fsp3) is 0.130. The third-order valence-electron chi connectivity index (χ3n) is 4.11. The van der Waals surface area contributed by atoms with Crippen molar-refractivity contribution >= 4 is 12.2 Å². The molecule has 0 aliphatic carbocycles. The van der Waals surface area contributed by atoms with Gasteiger partial charge in [-0.2, -0.15) is 0 Å². The second kappa shape index (κ2) is 7.60. The fourth-order valence-electron chi connectivity index (χ4n) is 2.55. The smallest absolute Gasteiger partial charge is 0.0146 e. The number of benzene rings is 2. The largest absolute Gasteiger partial charge is 0.0991 e. The highest BCUT2D eigenvalue weighted by Crippen LogP contribution is 2.32. The summed E-state index contributed by atoms with van der Waals surface area (Å²) < 4.78 is 0. The summed E-state index contributed by atoms with van der Waals surface area (Å²) in [5.74, 6) is 0. The van der Waals surface area contributed by atoms with Crippen molar-refractivity contribution in [3.8, 4) is 0 Å². The van der Waals surface area contributed by atoms with E-state index < -0.39 is 0 Å². The van der Waals surface area contributed by atoms with Gasteiger partial charge in [-0.05, 0) is 22.3 Å². The van der Waals surface area contributed by atoms with Gasteiger partial charge in [0, 0.05) is 5.41 Å². The fourth-order valence-corrected chi connectivity index (χ4v) is 2.55. The Bertz CT molecular complexity index is 644. The van der Waals surface area contributed by atoms with Crippen molar-refractivity contribution in [3.63, 3.8) is 0 Å². The Morgan fingerprint density at radius 2 is 1.00 bits per heavy atom. The molecule has 0 fully saturated rings. The van der Waals surface area contributed by atoms with Gasteiger partial charge in [-0.1, -0.05) is 112 Å². The molecule has 0 unspecified atom stereocenters. The lowest BCUT2D eigenvalue weighted by molar-refractivity contribution is 0.641. The SMILES string of the molecule is C=CC=Cc1ccc(C(C)(C)c2ccc(C=CC=C)cc2)cc1. The van der Waals surface area contributed by atoms with Gasteiger partial charge in [0.15, 0.2) is 0 Å². The standard InChI is InChI=1S/C23H24/c1-5-7-9-19-11-15-21(16-12-19)23(3,4)22-17-13-20(14-18-22)10-8-6-2/h5-18H,1-2H2,3-4H3. The minimum Gasteiger partial charge on any atom is -0.0991 e. The molecule has 0 spiro atoms. The van der Waals surface area contributed by atoms with E-state index in [0.29, 0.717) is 0 Å². The molecule has 0 aliphatic rings. The van der Waals surface area contributed by atoms with E-state index in [2.05, 4.69) is 87.7 Å². The van der Waals surface area contributed by atoms with Crippen LogP contribution in [0.1, 0.15) is 36.1 Å². The third-order valence-corrected chi connectivity index (χ3v) is 4.11. The summed E-state index contributed by atoms with van der Waals surface area (Å²) in [6.45, 7) is 11.9. The molecule has 2 rings (SSSR count). The number of rotatable bonds is 6. The van der Waals surface area contributed by atoms with Crippen molar-refractivity contribution in [1.29, 1.82) is 0 Å².